The van der Waals surface area contributed by atoms with Gasteiger partial charge >= 0.3 is 0 Å². The van der Waals surface area contributed by atoms with Crippen LogP contribution >= 0.6 is 22.9 Å². The molecule has 1 aromatic carbocycles. The van der Waals surface area contributed by atoms with Gasteiger partial charge < -0.3 is 5.32 Å². The van der Waals surface area contributed by atoms with Gasteiger partial charge in [0.2, 0.25) is 0 Å². The highest BCUT2D eigenvalue weighted by Crippen LogP contribution is 2.26. The highest BCUT2D eigenvalue weighted by molar-refractivity contribution is 7.12. The lowest BCUT2D eigenvalue weighted by Gasteiger charge is -2.06. The third-order valence-electron chi connectivity index (χ3n) is 2.35. The summed E-state index contributed by atoms with van der Waals surface area (Å²) >= 11 is 7.84. The molecular formula is C13H13ClN2S. The van der Waals surface area contributed by atoms with E-state index >= 15 is 0 Å². The fourth-order valence-electron chi connectivity index (χ4n) is 1.53. The van der Waals surface area contributed by atoms with Gasteiger partial charge in [0.25, 0.3) is 0 Å². The highest BCUT2D eigenvalue weighted by Gasteiger charge is 2.02. The van der Waals surface area contributed by atoms with Crippen LogP contribution in [-0.2, 0) is 0 Å². The maximum atomic E-state index is 6.17. The predicted octanol–water partition coefficient (Wildman–Crippen LogP) is 4.32. The Balaban J connectivity index is 2.32. The van der Waals surface area contributed by atoms with Crippen molar-refractivity contribution in [1.29, 1.82) is 0 Å². The predicted molar refractivity (Wildman–Crippen MR) is 76.8 cm³/mol. The van der Waals surface area contributed by atoms with E-state index in [1.807, 2.05) is 50.5 Å². The van der Waals surface area contributed by atoms with Gasteiger partial charge in [0.1, 0.15) is 5.01 Å². The molecule has 0 aliphatic rings. The second-order valence-electron chi connectivity index (χ2n) is 3.59. The summed E-state index contributed by atoms with van der Waals surface area (Å²) in [6, 6.07) is 5.81. The van der Waals surface area contributed by atoms with Crippen LogP contribution in [0.1, 0.15) is 15.4 Å². The number of hydrogen-bond donors (Lipinski definition) is 1. The lowest BCUT2D eigenvalue weighted by Crippen LogP contribution is -1.91. The van der Waals surface area contributed by atoms with Crippen LogP contribution in [0.15, 0.2) is 24.4 Å². The maximum absolute atomic E-state index is 6.17. The molecule has 0 amide bonds. The number of aromatic nitrogens is 1. The Hall–Kier alpha value is -1.32. The van der Waals surface area contributed by atoms with E-state index < -0.39 is 0 Å². The second-order valence-corrected chi connectivity index (χ2v) is 5.27. The van der Waals surface area contributed by atoms with Gasteiger partial charge in [-0.25, -0.2) is 4.98 Å². The average Bonchev–Trinajstić information content (AvgIpc) is 2.73. The largest absolute Gasteiger partial charge is 0.388 e. The number of anilines is 1. The van der Waals surface area contributed by atoms with Crippen LogP contribution in [0.25, 0.3) is 12.2 Å². The van der Waals surface area contributed by atoms with E-state index in [1.165, 1.54) is 4.88 Å². The van der Waals surface area contributed by atoms with Crippen LogP contribution < -0.4 is 5.32 Å². The van der Waals surface area contributed by atoms with E-state index in [-0.39, 0.29) is 0 Å². The first-order valence-electron chi connectivity index (χ1n) is 5.27. The minimum atomic E-state index is 0.737. The van der Waals surface area contributed by atoms with Crippen molar-refractivity contribution in [3.63, 3.8) is 0 Å². The summed E-state index contributed by atoms with van der Waals surface area (Å²) in [7, 11) is 1.89. The van der Waals surface area contributed by atoms with Crippen molar-refractivity contribution in [3.05, 3.63) is 44.9 Å². The van der Waals surface area contributed by atoms with Gasteiger partial charge in [-0.05, 0) is 31.2 Å². The number of thiazole rings is 1. The van der Waals surface area contributed by atoms with Gasteiger partial charge in [-0.1, -0.05) is 17.7 Å². The fourth-order valence-corrected chi connectivity index (χ4v) is 2.44. The Morgan fingerprint density at radius 2 is 2.18 bits per heavy atom. The zero-order chi connectivity index (χ0) is 12.3. The van der Waals surface area contributed by atoms with Gasteiger partial charge in [-0.2, -0.15) is 0 Å². The number of halogens is 1. The standard InChI is InChI=1S/C13H13ClN2S/c1-9-8-16-13(17-9)7-6-10-11(14)4-3-5-12(10)15-2/h3-8,15H,1-2H3/b7-6+. The zero-order valence-electron chi connectivity index (χ0n) is 9.70. The van der Waals surface area contributed by atoms with Crippen molar-refractivity contribution in [1.82, 2.24) is 4.98 Å². The molecule has 0 atom stereocenters. The normalized spacial score (nSPS) is 11.0. The van der Waals surface area contributed by atoms with Crippen molar-refractivity contribution >= 4 is 40.8 Å². The van der Waals surface area contributed by atoms with Crippen molar-refractivity contribution in [2.24, 2.45) is 0 Å². The Bertz CT molecular complexity index is 546. The summed E-state index contributed by atoms with van der Waals surface area (Å²) in [6.45, 7) is 2.05. The molecular weight excluding hydrogens is 252 g/mol. The molecule has 4 heteroatoms. The molecule has 0 unspecified atom stereocenters. The monoisotopic (exact) mass is 264 g/mol. The number of nitrogens with one attached hydrogen (secondary N) is 1. The van der Waals surface area contributed by atoms with E-state index in [4.69, 9.17) is 11.6 Å². The SMILES string of the molecule is CNc1cccc(Cl)c1/C=C/c1ncc(C)s1. The smallest absolute Gasteiger partial charge is 0.116 e. The topological polar surface area (TPSA) is 24.9 Å². The second kappa shape index (κ2) is 5.34. The molecule has 1 N–H and O–H groups in total. The third kappa shape index (κ3) is 2.87. The van der Waals surface area contributed by atoms with Crippen molar-refractivity contribution in [2.45, 2.75) is 6.92 Å². The molecule has 17 heavy (non-hydrogen) atoms. The Kier molecular flexibility index (Phi) is 3.82. The number of benzene rings is 1. The van der Waals surface area contributed by atoms with Gasteiger partial charge in [0.15, 0.2) is 0 Å². The van der Waals surface area contributed by atoms with Crippen molar-refractivity contribution in [2.75, 3.05) is 12.4 Å². The Labute approximate surface area is 110 Å². The van der Waals surface area contributed by atoms with Crippen LogP contribution in [0.5, 0.6) is 0 Å². The Morgan fingerprint density at radius 1 is 1.35 bits per heavy atom. The molecule has 0 aliphatic carbocycles. The van der Waals surface area contributed by atoms with Gasteiger partial charge in [-0.3, -0.25) is 0 Å². The van der Waals surface area contributed by atoms with E-state index in [9.17, 15) is 0 Å². The van der Waals surface area contributed by atoms with Gasteiger partial charge in [0.05, 0.1) is 0 Å². The molecule has 0 saturated carbocycles. The number of rotatable bonds is 3. The van der Waals surface area contributed by atoms with Crippen molar-refractivity contribution < 1.29 is 0 Å². The first-order valence-corrected chi connectivity index (χ1v) is 6.47. The summed E-state index contributed by atoms with van der Waals surface area (Å²) < 4.78 is 0. The average molecular weight is 265 g/mol. The number of hydrogen-bond acceptors (Lipinski definition) is 3. The molecule has 88 valence electrons. The summed E-state index contributed by atoms with van der Waals surface area (Å²) in [4.78, 5) is 5.49. The van der Waals surface area contributed by atoms with Crippen LogP contribution in [0, 0.1) is 6.92 Å². The molecule has 1 aromatic heterocycles. The first-order chi connectivity index (χ1) is 8.20. The minimum absolute atomic E-state index is 0.737. The van der Waals surface area contributed by atoms with Crippen molar-refractivity contribution in [3.8, 4) is 0 Å². The third-order valence-corrected chi connectivity index (χ3v) is 3.56. The van der Waals surface area contributed by atoms with Crippen LogP contribution in [0.2, 0.25) is 5.02 Å². The molecule has 0 aliphatic heterocycles. The molecule has 0 bridgehead atoms. The zero-order valence-corrected chi connectivity index (χ0v) is 11.3. The highest BCUT2D eigenvalue weighted by atomic mass is 35.5. The van der Waals surface area contributed by atoms with E-state index in [1.54, 1.807) is 11.3 Å². The lowest BCUT2D eigenvalue weighted by atomic mass is 10.1. The van der Waals surface area contributed by atoms with Crippen LogP contribution in [0.3, 0.4) is 0 Å². The molecule has 0 spiro atoms. The minimum Gasteiger partial charge on any atom is -0.388 e. The van der Waals surface area contributed by atoms with E-state index in [0.717, 1.165) is 21.3 Å². The molecule has 2 rings (SSSR count). The Morgan fingerprint density at radius 3 is 2.82 bits per heavy atom. The molecule has 0 radical (unpaired) electrons. The van der Waals surface area contributed by atoms with Gasteiger partial charge in [-0.15, -0.1) is 11.3 Å². The van der Waals surface area contributed by atoms with Gasteiger partial charge in [0, 0.05) is 34.4 Å². The number of aryl methyl sites for hydroxylation is 1. The number of nitrogens with zero attached hydrogens (tertiary/aromatic N) is 1. The summed E-state index contributed by atoms with van der Waals surface area (Å²) in [6.07, 6.45) is 5.85. The summed E-state index contributed by atoms with van der Waals surface area (Å²) in [5.74, 6) is 0. The lowest BCUT2D eigenvalue weighted by molar-refractivity contribution is 1.36. The first kappa shape index (κ1) is 12.1. The summed E-state index contributed by atoms with van der Waals surface area (Å²) in [5.41, 5.74) is 2.01. The molecule has 0 saturated heterocycles. The maximum Gasteiger partial charge on any atom is 0.116 e. The van der Waals surface area contributed by atoms with E-state index in [2.05, 4.69) is 10.3 Å². The van der Waals surface area contributed by atoms with Crippen LogP contribution in [0.4, 0.5) is 5.69 Å². The molecule has 1 heterocycles. The molecule has 2 aromatic rings. The van der Waals surface area contributed by atoms with E-state index in [0.29, 0.717) is 0 Å². The summed E-state index contributed by atoms with van der Waals surface area (Å²) in [5, 5.41) is 4.85. The molecule has 0 fully saturated rings. The fraction of sp³-hybridized carbons (Fsp3) is 0.154. The van der Waals surface area contributed by atoms with Crippen LogP contribution in [-0.4, -0.2) is 12.0 Å². The quantitative estimate of drug-likeness (QED) is 0.893. The molecule has 2 nitrogen and oxygen atoms in total.